The van der Waals surface area contributed by atoms with Gasteiger partial charge in [0, 0.05) is 0 Å². The van der Waals surface area contributed by atoms with Gasteiger partial charge in [0.15, 0.2) is 0 Å². The Morgan fingerprint density at radius 2 is 1.95 bits per heavy atom. The van der Waals surface area contributed by atoms with Crippen molar-refractivity contribution in [3.8, 4) is 0 Å². The Hall–Kier alpha value is -1.77. The monoisotopic (exact) mass is 340 g/mol. The standard InChI is InChI=1S/C12H9ClN4O2S2/c1-7-16-10-3-2-8(4-11(10)20-7)17-21(18,19)9-5-14-12(13)15-6-9/h2-6,17H,1H3. The van der Waals surface area contributed by atoms with Crippen LogP contribution in [0.2, 0.25) is 5.28 Å². The molecule has 0 atom stereocenters. The summed E-state index contributed by atoms with van der Waals surface area (Å²) in [6.07, 6.45) is 2.32. The third-order valence-electron chi connectivity index (χ3n) is 2.65. The van der Waals surface area contributed by atoms with Crippen molar-refractivity contribution < 1.29 is 8.42 Å². The van der Waals surface area contributed by atoms with Crippen molar-refractivity contribution in [2.75, 3.05) is 4.72 Å². The molecule has 0 radical (unpaired) electrons. The molecule has 0 bridgehead atoms. The van der Waals surface area contributed by atoms with E-state index in [4.69, 9.17) is 11.6 Å². The maximum atomic E-state index is 12.2. The van der Waals surface area contributed by atoms with Crippen LogP contribution in [-0.2, 0) is 10.0 Å². The molecule has 9 heteroatoms. The molecule has 0 saturated carbocycles. The molecule has 0 unspecified atom stereocenters. The van der Waals surface area contributed by atoms with Crippen molar-refractivity contribution in [3.63, 3.8) is 0 Å². The average molecular weight is 341 g/mol. The summed E-state index contributed by atoms with van der Waals surface area (Å²) in [4.78, 5) is 11.6. The lowest BCUT2D eigenvalue weighted by Gasteiger charge is -2.07. The molecule has 2 aromatic heterocycles. The fourth-order valence-corrected chi connectivity index (χ4v) is 3.66. The number of benzene rings is 1. The molecule has 0 fully saturated rings. The van der Waals surface area contributed by atoms with E-state index in [9.17, 15) is 8.42 Å². The molecule has 2 heterocycles. The summed E-state index contributed by atoms with van der Waals surface area (Å²) in [6, 6.07) is 5.18. The first-order valence-electron chi connectivity index (χ1n) is 5.82. The van der Waals surface area contributed by atoms with Gasteiger partial charge in [-0.15, -0.1) is 11.3 Å². The summed E-state index contributed by atoms with van der Waals surface area (Å²) in [5, 5.41) is 0.923. The summed E-state index contributed by atoms with van der Waals surface area (Å²) in [5.41, 5.74) is 1.30. The van der Waals surface area contributed by atoms with Crippen LogP contribution >= 0.6 is 22.9 Å². The van der Waals surface area contributed by atoms with E-state index in [0.29, 0.717) is 5.69 Å². The van der Waals surface area contributed by atoms with E-state index < -0.39 is 10.0 Å². The first-order chi connectivity index (χ1) is 9.94. The zero-order valence-electron chi connectivity index (χ0n) is 10.7. The highest BCUT2D eigenvalue weighted by atomic mass is 35.5. The maximum absolute atomic E-state index is 12.2. The third kappa shape index (κ3) is 2.97. The number of rotatable bonds is 3. The molecule has 1 N–H and O–H groups in total. The molecule has 21 heavy (non-hydrogen) atoms. The second-order valence-electron chi connectivity index (χ2n) is 4.21. The Kier molecular flexibility index (Phi) is 3.52. The Morgan fingerprint density at radius 1 is 1.24 bits per heavy atom. The van der Waals surface area contributed by atoms with Crippen LogP contribution in [0, 0.1) is 6.92 Å². The Labute approximate surface area is 129 Å². The van der Waals surface area contributed by atoms with Crippen molar-refractivity contribution in [2.24, 2.45) is 0 Å². The molecule has 108 valence electrons. The van der Waals surface area contributed by atoms with Crippen LogP contribution < -0.4 is 4.72 Å². The first kappa shape index (κ1) is 14.2. The first-order valence-corrected chi connectivity index (χ1v) is 8.49. The van der Waals surface area contributed by atoms with Gasteiger partial charge in [0.1, 0.15) is 4.90 Å². The molecule has 0 aliphatic heterocycles. The molecular weight excluding hydrogens is 332 g/mol. The normalized spacial score (nSPS) is 11.7. The summed E-state index contributed by atoms with van der Waals surface area (Å²) >= 11 is 7.05. The number of aryl methyl sites for hydroxylation is 1. The van der Waals surface area contributed by atoms with Gasteiger partial charge in [-0.25, -0.2) is 23.4 Å². The summed E-state index contributed by atoms with van der Waals surface area (Å²) in [7, 11) is -3.74. The highest BCUT2D eigenvalue weighted by molar-refractivity contribution is 7.92. The van der Waals surface area contributed by atoms with E-state index in [2.05, 4.69) is 19.7 Å². The van der Waals surface area contributed by atoms with E-state index in [1.807, 2.05) is 6.92 Å². The van der Waals surface area contributed by atoms with Gasteiger partial charge in [-0.05, 0) is 36.7 Å². The van der Waals surface area contributed by atoms with Crippen LogP contribution in [-0.4, -0.2) is 23.4 Å². The van der Waals surface area contributed by atoms with E-state index in [-0.39, 0.29) is 10.2 Å². The number of aromatic nitrogens is 3. The molecule has 0 aliphatic rings. The van der Waals surface area contributed by atoms with Crippen LogP contribution in [0.1, 0.15) is 5.01 Å². The van der Waals surface area contributed by atoms with Crippen molar-refractivity contribution in [1.82, 2.24) is 15.0 Å². The smallest absolute Gasteiger partial charge is 0.264 e. The quantitative estimate of drug-likeness (QED) is 0.741. The molecule has 3 aromatic rings. The van der Waals surface area contributed by atoms with E-state index in [0.717, 1.165) is 27.6 Å². The SMILES string of the molecule is Cc1nc2ccc(NS(=O)(=O)c3cnc(Cl)nc3)cc2s1. The van der Waals surface area contributed by atoms with Crippen LogP contribution in [0.4, 0.5) is 5.69 Å². The molecule has 1 aromatic carbocycles. The van der Waals surface area contributed by atoms with Crippen LogP contribution in [0.15, 0.2) is 35.5 Å². The molecule has 6 nitrogen and oxygen atoms in total. The summed E-state index contributed by atoms with van der Waals surface area (Å²) < 4.78 is 27.8. The fourth-order valence-electron chi connectivity index (χ4n) is 1.76. The van der Waals surface area contributed by atoms with Crippen molar-refractivity contribution in [3.05, 3.63) is 40.9 Å². The predicted molar refractivity (Wildman–Crippen MR) is 82.2 cm³/mol. The number of nitrogens with one attached hydrogen (secondary N) is 1. The van der Waals surface area contributed by atoms with Gasteiger partial charge in [0.05, 0.1) is 33.3 Å². The van der Waals surface area contributed by atoms with Gasteiger partial charge in [0.2, 0.25) is 5.28 Å². The summed E-state index contributed by atoms with van der Waals surface area (Å²) in [6.45, 7) is 1.90. The lowest BCUT2D eigenvalue weighted by atomic mass is 10.3. The van der Waals surface area contributed by atoms with E-state index >= 15 is 0 Å². The number of fused-ring (bicyclic) bond motifs is 1. The second-order valence-corrected chi connectivity index (χ2v) is 7.46. The number of sulfonamides is 1. The van der Waals surface area contributed by atoms with Gasteiger partial charge in [-0.3, -0.25) is 4.72 Å². The predicted octanol–water partition coefficient (Wildman–Crippen LogP) is 2.85. The molecule has 0 aliphatic carbocycles. The minimum absolute atomic E-state index is 0.00416. The number of anilines is 1. The van der Waals surface area contributed by atoms with Crippen LogP contribution in [0.3, 0.4) is 0 Å². The molecular formula is C12H9ClN4O2S2. The Morgan fingerprint density at radius 3 is 2.67 bits per heavy atom. The van der Waals surface area contributed by atoms with E-state index in [1.54, 1.807) is 18.2 Å². The lowest BCUT2D eigenvalue weighted by Crippen LogP contribution is -2.13. The summed E-state index contributed by atoms with van der Waals surface area (Å²) in [5.74, 6) is 0. The highest BCUT2D eigenvalue weighted by Crippen LogP contribution is 2.26. The van der Waals surface area contributed by atoms with Gasteiger partial charge in [-0.1, -0.05) is 0 Å². The van der Waals surface area contributed by atoms with Crippen LogP contribution in [0.5, 0.6) is 0 Å². The average Bonchev–Trinajstić information content (AvgIpc) is 2.78. The zero-order chi connectivity index (χ0) is 15.0. The number of thiazole rings is 1. The minimum atomic E-state index is -3.74. The number of hydrogen-bond acceptors (Lipinski definition) is 6. The zero-order valence-corrected chi connectivity index (χ0v) is 13.1. The molecule has 0 saturated heterocycles. The lowest BCUT2D eigenvalue weighted by molar-refractivity contribution is 0.600. The third-order valence-corrected chi connectivity index (χ3v) is 5.12. The molecule has 0 spiro atoms. The second kappa shape index (κ2) is 5.21. The topological polar surface area (TPSA) is 84.8 Å². The van der Waals surface area contributed by atoms with Gasteiger partial charge >= 0.3 is 0 Å². The maximum Gasteiger partial charge on any atom is 0.264 e. The fraction of sp³-hybridized carbons (Fsp3) is 0.0833. The minimum Gasteiger partial charge on any atom is -0.279 e. The van der Waals surface area contributed by atoms with Crippen LogP contribution in [0.25, 0.3) is 10.2 Å². The Bertz CT molecular complexity index is 907. The van der Waals surface area contributed by atoms with Crippen molar-refractivity contribution in [1.29, 1.82) is 0 Å². The molecule has 3 rings (SSSR count). The van der Waals surface area contributed by atoms with Gasteiger partial charge < -0.3 is 0 Å². The number of halogens is 1. The van der Waals surface area contributed by atoms with Gasteiger partial charge in [0.25, 0.3) is 10.0 Å². The highest BCUT2D eigenvalue weighted by Gasteiger charge is 2.16. The van der Waals surface area contributed by atoms with Crippen molar-refractivity contribution in [2.45, 2.75) is 11.8 Å². The molecule has 0 amide bonds. The van der Waals surface area contributed by atoms with Crippen molar-refractivity contribution >= 4 is 48.9 Å². The number of hydrogen-bond donors (Lipinski definition) is 1. The largest absolute Gasteiger partial charge is 0.279 e. The number of nitrogens with zero attached hydrogens (tertiary/aromatic N) is 3. The Balaban J connectivity index is 1.94. The van der Waals surface area contributed by atoms with E-state index in [1.165, 1.54) is 11.3 Å². The van der Waals surface area contributed by atoms with Gasteiger partial charge in [-0.2, -0.15) is 0 Å².